The average molecular weight is 437 g/mol. The number of esters is 2. The van der Waals surface area contributed by atoms with E-state index in [1.165, 1.54) is 18.4 Å². The Labute approximate surface area is 191 Å². The van der Waals surface area contributed by atoms with Crippen molar-refractivity contribution in [3.05, 3.63) is 47.5 Å². The number of hydrogen-bond donors (Lipinski definition) is 0. The molecule has 0 radical (unpaired) electrons. The highest BCUT2D eigenvalue weighted by molar-refractivity contribution is 5.89. The van der Waals surface area contributed by atoms with Crippen molar-refractivity contribution in [2.24, 2.45) is 28.6 Å². The Balaban J connectivity index is 1.31. The molecule has 32 heavy (non-hydrogen) atoms. The molecular formula is C28H36O4. The number of ether oxygens (including phenoxy) is 2. The van der Waals surface area contributed by atoms with Crippen LogP contribution in [0, 0.1) is 28.6 Å². The lowest BCUT2D eigenvalue weighted by molar-refractivity contribution is -0.156. The number of rotatable bonds is 3. The number of hydrogen-bond acceptors (Lipinski definition) is 4. The summed E-state index contributed by atoms with van der Waals surface area (Å²) in [6, 6.07) is 9.32. The zero-order valence-corrected chi connectivity index (χ0v) is 19.6. The minimum atomic E-state index is -0.204. The van der Waals surface area contributed by atoms with E-state index in [0.717, 1.165) is 38.5 Å². The van der Waals surface area contributed by atoms with E-state index in [-0.39, 0.29) is 35.0 Å². The Kier molecular flexibility index (Phi) is 5.46. The molecule has 0 amide bonds. The summed E-state index contributed by atoms with van der Waals surface area (Å²) < 4.78 is 11.7. The minimum Gasteiger partial charge on any atom is -0.462 e. The molecule has 0 aromatic heterocycles. The fourth-order valence-corrected chi connectivity index (χ4v) is 7.87. The Hall–Kier alpha value is -2.10. The van der Waals surface area contributed by atoms with Crippen molar-refractivity contribution in [1.29, 1.82) is 0 Å². The molecule has 1 aromatic rings. The normalized spacial score (nSPS) is 40.3. The van der Waals surface area contributed by atoms with E-state index in [9.17, 15) is 9.59 Å². The SMILES string of the molecule is CC(=O)O[C@H]1CC[C@H]2[C@@H]3CC=C4C[C@@H](OC(=O)c5ccccc5)CC[C@]4(C)[C@H]3CC[C@]12C. The minimum absolute atomic E-state index is 0.0211. The Morgan fingerprint density at radius 3 is 2.47 bits per heavy atom. The molecule has 4 aliphatic carbocycles. The monoisotopic (exact) mass is 436 g/mol. The molecule has 3 fully saturated rings. The van der Waals surface area contributed by atoms with Crippen LogP contribution in [0.25, 0.3) is 0 Å². The van der Waals surface area contributed by atoms with Crippen LogP contribution in [0.2, 0.25) is 0 Å². The third-order valence-electron chi connectivity index (χ3n) is 9.56. The predicted molar refractivity (Wildman–Crippen MR) is 123 cm³/mol. The highest BCUT2D eigenvalue weighted by Gasteiger charge is 2.59. The van der Waals surface area contributed by atoms with E-state index in [4.69, 9.17) is 9.47 Å². The molecule has 1 aromatic carbocycles. The molecular weight excluding hydrogens is 400 g/mol. The fourth-order valence-electron chi connectivity index (χ4n) is 7.87. The van der Waals surface area contributed by atoms with Crippen molar-refractivity contribution in [1.82, 2.24) is 0 Å². The lowest BCUT2D eigenvalue weighted by Gasteiger charge is -2.57. The highest BCUT2D eigenvalue weighted by Crippen LogP contribution is 2.65. The molecule has 172 valence electrons. The van der Waals surface area contributed by atoms with E-state index >= 15 is 0 Å². The van der Waals surface area contributed by atoms with Gasteiger partial charge in [-0.1, -0.05) is 43.7 Å². The summed E-state index contributed by atoms with van der Waals surface area (Å²) in [7, 11) is 0. The zero-order valence-electron chi connectivity index (χ0n) is 19.6. The van der Waals surface area contributed by atoms with Crippen LogP contribution in [0.4, 0.5) is 0 Å². The van der Waals surface area contributed by atoms with Crippen molar-refractivity contribution in [3.63, 3.8) is 0 Å². The molecule has 3 saturated carbocycles. The molecule has 4 aliphatic rings. The van der Waals surface area contributed by atoms with Crippen LogP contribution in [0.3, 0.4) is 0 Å². The Morgan fingerprint density at radius 1 is 0.938 bits per heavy atom. The summed E-state index contributed by atoms with van der Waals surface area (Å²) in [6.45, 7) is 6.38. The first-order valence-electron chi connectivity index (χ1n) is 12.4. The molecule has 7 atom stereocenters. The van der Waals surface area contributed by atoms with Gasteiger partial charge in [0.25, 0.3) is 0 Å². The van der Waals surface area contributed by atoms with Gasteiger partial charge in [-0.05, 0) is 80.2 Å². The first-order valence-corrected chi connectivity index (χ1v) is 12.4. The second-order valence-corrected chi connectivity index (χ2v) is 11.1. The topological polar surface area (TPSA) is 52.6 Å². The smallest absolute Gasteiger partial charge is 0.338 e. The van der Waals surface area contributed by atoms with E-state index in [2.05, 4.69) is 19.9 Å². The summed E-state index contributed by atoms with van der Waals surface area (Å²) in [5.41, 5.74) is 2.47. The van der Waals surface area contributed by atoms with Gasteiger partial charge in [-0.3, -0.25) is 4.79 Å². The fraction of sp³-hybridized carbons (Fsp3) is 0.643. The van der Waals surface area contributed by atoms with Gasteiger partial charge in [0.15, 0.2) is 0 Å². The van der Waals surface area contributed by atoms with Gasteiger partial charge in [-0.25, -0.2) is 4.79 Å². The van der Waals surface area contributed by atoms with Gasteiger partial charge in [0.1, 0.15) is 12.2 Å². The maximum absolute atomic E-state index is 12.6. The van der Waals surface area contributed by atoms with E-state index in [0.29, 0.717) is 23.3 Å². The average Bonchev–Trinajstić information content (AvgIpc) is 3.10. The second-order valence-electron chi connectivity index (χ2n) is 11.1. The molecule has 4 nitrogen and oxygen atoms in total. The van der Waals surface area contributed by atoms with Crippen molar-refractivity contribution in [3.8, 4) is 0 Å². The lowest BCUT2D eigenvalue weighted by atomic mass is 9.48. The van der Waals surface area contributed by atoms with Crippen LogP contribution in [0.5, 0.6) is 0 Å². The van der Waals surface area contributed by atoms with Gasteiger partial charge >= 0.3 is 11.9 Å². The van der Waals surface area contributed by atoms with Gasteiger partial charge in [0.2, 0.25) is 0 Å². The number of benzene rings is 1. The quantitative estimate of drug-likeness (QED) is 0.424. The number of carbonyl (C=O) groups is 2. The molecule has 0 aliphatic heterocycles. The van der Waals surface area contributed by atoms with Crippen LogP contribution in [-0.2, 0) is 14.3 Å². The van der Waals surface area contributed by atoms with Crippen molar-refractivity contribution < 1.29 is 19.1 Å². The van der Waals surface area contributed by atoms with Gasteiger partial charge < -0.3 is 9.47 Å². The maximum atomic E-state index is 12.6. The summed E-state index contributed by atoms with van der Waals surface area (Å²) in [4.78, 5) is 24.2. The summed E-state index contributed by atoms with van der Waals surface area (Å²) >= 11 is 0. The molecule has 0 heterocycles. The largest absolute Gasteiger partial charge is 0.462 e. The van der Waals surface area contributed by atoms with E-state index in [1.807, 2.05) is 30.3 Å². The molecule has 0 unspecified atom stereocenters. The van der Waals surface area contributed by atoms with Crippen LogP contribution in [0.15, 0.2) is 42.0 Å². The number of carbonyl (C=O) groups excluding carboxylic acids is 2. The summed E-state index contributed by atoms with van der Waals surface area (Å²) in [5.74, 6) is 1.65. The highest BCUT2D eigenvalue weighted by atomic mass is 16.5. The van der Waals surface area contributed by atoms with E-state index < -0.39 is 0 Å². The Bertz CT molecular complexity index is 921. The van der Waals surface area contributed by atoms with Gasteiger partial charge in [-0.2, -0.15) is 0 Å². The van der Waals surface area contributed by atoms with Crippen molar-refractivity contribution in [2.45, 2.75) is 84.3 Å². The van der Waals surface area contributed by atoms with Crippen molar-refractivity contribution in [2.75, 3.05) is 0 Å². The first-order chi connectivity index (χ1) is 15.3. The Morgan fingerprint density at radius 2 is 1.72 bits per heavy atom. The summed E-state index contributed by atoms with van der Waals surface area (Å²) in [6.07, 6.45) is 11.1. The lowest BCUT2D eigenvalue weighted by Crippen LogP contribution is -2.51. The molecule has 0 bridgehead atoms. The van der Waals surface area contributed by atoms with E-state index in [1.54, 1.807) is 6.92 Å². The standard InChI is InChI=1S/C28H36O4/c1-18(29)31-25-12-11-23-22-10-9-20-17-21(32-26(30)19-7-5-4-6-8-19)13-15-27(20,2)24(22)14-16-28(23,25)3/h4-9,21-25H,10-17H2,1-3H3/t21-,22-,23-,24-,25-,27-,28-/m0/s1. The molecule has 0 saturated heterocycles. The number of fused-ring (bicyclic) bond motifs is 5. The van der Waals surface area contributed by atoms with Crippen LogP contribution in [0.1, 0.15) is 82.5 Å². The number of allylic oxidation sites excluding steroid dienone is 1. The van der Waals surface area contributed by atoms with Gasteiger partial charge in [0, 0.05) is 18.8 Å². The van der Waals surface area contributed by atoms with Gasteiger partial charge in [0.05, 0.1) is 5.56 Å². The summed E-state index contributed by atoms with van der Waals surface area (Å²) in [5, 5.41) is 0. The maximum Gasteiger partial charge on any atom is 0.338 e. The molecule has 5 rings (SSSR count). The zero-order chi connectivity index (χ0) is 22.5. The van der Waals surface area contributed by atoms with Gasteiger partial charge in [-0.15, -0.1) is 0 Å². The molecule has 0 spiro atoms. The molecule has 4 heteroatoms. The van der Waals surface area contributed by atoms with Crippen LogP contribution >= 0.6 is 0 Å². The second kappa shape index (κ2) is 8.04. The van der Waals surface area contributed by atoms with Crippen LogP contribution < -0.4 is 0 Å². The predicted octanol–water partition coefficient (Wildman–Crippen LogP) is 6.11. The molecule has 0 N–H and O–H groups in total. The third kappa shape index (κ3) is 3.50. The first kappa shape index (κ1) is 21.7. The third-order valence-corrected chi connectivity index (χ3v) is 9.56. The van der Waals surface area contributed by atoms with Crippen LogP contribution in [-0.4, -0.2) is 24.1 Å². The van der Waals surface area contributed by atoms with Crippen molar-refractivity contribution >= 4 is 11.9 Å².